The second kappa shape index (κ2) is 15.6. The second-order valence-corrected chi connectivity index (χ2v) is 15.5. The van der Waals surface area contributed by atoms with Gasteiger partial charge in [-0.15, -0.1) is 0 Å². The van der Waals surface area contributed by atoms with Gasteiger partial charge in [0.1, 0.15) is 17.7 Å². The van der Waals surface area contributed by atoms with E-state index in [9.17, 15) is 19.1 Å². The second-order valence-electron chi connectivity index (χ2n) is 15.5. The van der Waals surface area contributed by atoms with E-state index in [4.69, 9.17) is 4.74 Å². The molecule has 1 aromatic heterocycles. The van der Waals surface area contributed by atoms with Crippen LogP contribution in [0.4, 0.5) is 13.6 Å². The third-order valence-electron chi connectivity index (χ3n) is 10.7. The van der Waals surface area contributed by atoms with E-state index in [1.807, 2.05) is 76.3 Å². The average molecular weight is 732 g/mol. The fourth-order valence-corrected chi connectivity index (χ4v) is 8.31. The lowest BCUT2D eigenvalue weighted by molar-refractivity contribution is -0.146. The summed E-state index contributed by atoms with van der Waals surface area (Å²) in [5.74, 6) is -1.35. The molecule has 2 amide bonds. The van der Waals surface area contributed by atoms with Crippen LogP contribution in [0.15, 0.2) is 109 Å². The third kappa shape index (κ3) is 7.69. The lowest BCUT2D eigenvalue weighted by atomic mass is 9.82. The van der Waals surface area contributed by atoms with Gasteiger partial charge >= 0.3 is 6.09 Å². The summed E-state index contributed by atoms with van der Waals surface area (Å²) in [5.41, 5.74) is 6.37. The van der Waals surface area contributed by atoms with E-state index in [0.717, 1.165) is 52.1 Å². The number of ether oxygens (including phenoxy) is 1. The number of amides is 2. The normalized spacial score (nSPS) is 15.8. The molecule has 280 valence electrons. The number of fused-ring (bicyclic) bond motifs is 3. The van der Waals surface area contributed by atoms with Gasteiger partial charge in [-0.3, -0.25) is 4.79 Å². The summed E-state index contributed by atoms with van der Waals surface area (Å²) in [5, 5.41) is 10.5. The molecular formula is C45H47F2N3O4. The smallest absolute Gasteiger partial charge is 0.407 e. The van der Waals surface area contributed by atoms with Crippen molar-refractivity contribution in [3.63, 3.8) is 0 Å². The molecule has 0 unspecified atom stereocenters. The monoisotopic (exact) mass is 731 g/mol. The van der Waals surface area contributed by atoms with Crippen LogP contribution in [0.1, 0.15) is 74.4 Å². The minimum Gasteiger partial charge on any atom is -0.465 e. The zero-order chi connectivity index (χ0) is 38.0. The van der Waals surface area contributed by atoms with Crippen LogP contribution in [0, 0.1) is 17.0 Å². The first kappa shape index (κ1) is 37.1. The van der Waals surface area contributed by atoms with Crippen LogP contribution < -0.4 is 0 Å². The molecule has 1 aliphatic heterocycles. The molecule has 2 aliphatic rings. The van der Waals surface area contributed by atoms with Gasteiger partial charge in [0.2, 0.25) is 0 Å². The lowest BCUT2D eigenvalue weighted by Crippen LogP contribution is -2.47. The molecule has 4 aromatic carbocycles. The highest BCUT2D eigenvalue weighted by Gasteiger charge is 2.40. The molecule has 0 saturated carbocycles. The van der Waals surface area contributed by atoms with E-state index in [-0.39, 0.29) is 37.0 Å². The van der Waals surface area contributed by atoms with Crippen molar-refractivity contribution in [3.05, 3.63) is 143 Å². The Hall–Kier alpha value is -5.28. The molecule has 1 N–H and O–H groups in total. The minimum absolute atomic E-state index is 0.108. The Morgan fingerprint density at radius 3 is 2.17 bits per heavy atom. The van der Waals surface area contributed by atoms with E-state index < -0.39 is 35.3 Å². The first-order valence-corrected chi connectivity index (χ1v) is 18.8. The number of rotatable bonds is 12. The van der Waals surface area contributed by atoms with Gasteiger partial charge in [0.25, 0.3) is 5.91 Å². The molecule has 0 spiro atoms. The molecule has 9 heteroatoms. The summed E-state index contributed by atoms with van der Waals surface area (Å²) >= 11 is 0. The van der Waals surface area contributed by atoms with Crippen LogP contribution in [0.25, 0.3) is 22.3 Å². The maximum Gasteiger partial charge on any atom is 0.407 e. The number of carbonyl (C=O) groups is 2. The molecule has 7 nitrogen and oxygen atoms in total. The number of hydrogen-bond acceptors (Lipinski definition) is 3. The molecule has 7 rings (SSSR count). The third-order valence-corrected chi connectivity index (χ3v) is 10.7. The number of nitrogens with zero attached hydrogens (tertiary/aromatic N) is 3. The molecule has 2 atom stereocenters. The van der Waals surface area contributed by atoms with E-state index in [1.54, 1.807) is 0 Å². The minimum atomic E-state index is -1.01. The largest absolute Gasteiger partial charge is 0.465 e. The summed E-state index contributed by atoms with van der Waals surface area (Å²) in [6, 6.07) is 31.0. The Kier molecular flexibility index (Phi) is 10.7. The summed E-state index contributed by atoms with van der Waals surface area (Å²) in [7, 11) is 0. The van der Waals surface area contributed by atoms with Crippen molar-refractivity contribution < 1.29 is 28.2 Å². The van der Waals surface area contributed by atoms with Gasteiger partial charge in [0.15, 0.2) is 0 Å². The average Bonchev–Trinajstić information content (AvgIpc) is 3.91. The van der Waals surface area contributed by atoms with E-state index in [2.05, 4.69) is 45.0 Å². The van der Waals surface area contributed by atoms with Gasteiger partial charge in [-0.05, 0) is 76.8 Å². The maximum absolute atomic E-state index is 15.3. The molecule has 1 saturated heterocycles. The first-order valence-electron chi connectivity index (χ1n) is 18.8. The van der Waals surface area contributed by atoms with Gasteiger partial charge in [0, 0.05) is 61.7 Å². The summed E-state index contributed by atoms with van der Waals surface area (Å²) < 4.78 is 37.7. The van der Waals surface area contributed by atoms with E-state index in [0.29, 0.717) is 31.6 Å². The van der Waals surface area contributed by atoms with Crippen LogP contribution in [0.5, 0.6) is 0 Å². The van der Waals surface area contributed by atoms with Crippen LogP contribution in [0.2, 0.25) is 0 Å². The van der Waals surface area contributed by atoms with Gasteiger partial charge in [0.05, 0.1) is 6.04 Å². The Balaban J connectivity index is 1.22. The number of halogens is 2. The highest BCUT2D eigenvalue weighted by molar-refractivity contribution is 5.82. The van der Waals surface area contributed by atoms with E-state index >= 15 is 4.39 Å². The number of aromatic nitrogens is 1. The number of carbonyl (C=O) groups excluding carboxylic acids is 1. The van der Waals surface area contributed by atoms with Crippen molar-refractivity contribution in [3.8, 4) is 22.3 Å². The fraction of sp³-hybridized carbons (Fsp3) is 0.333. The molecule has 0 radical (unpaired) electrons. The molecular weight excluding hydrogens is 685 g/mol. The van der Waals surface area contributed by atoms with Crippen LogP contribution in [-0.2, 0) is 16.1 Å². The number of benzene rings is 4. The quantitative estimate of drug-likeness (QED) is 0.139. The number of carboxylic acid groups (broad SMARTS) is 1. The summed E-state index contributed by atoms with van der Waals surface area (Å²) in [6.07, 6.45) is 1.96. The Morgan fingerprint density at radius 1 is 0.870 bits per heavy atom. The van der Waals surface area contributed by atoms with Crippen LogP contribution in [-0.4, -0.2) is 63.8 Å². The topological polar surface area (TPSA) is 75.0 Å². The molecule has 1 aliphatic carbocycles. The SMILES string of the molecule is CC(C)(C)[C@H](c1cc(-c2cc(F)ccc2F)cn1Cc1ccccc1)N(CCCN(CC1c2ccccc2-c2ccccc21)C(=O)O)C(=O)[C@@H]1CCCO1. The van der Waals surface area contributed by atoms with Crippen molar-refractivity contribution in [2.45, 2.75) is 64.6 Å². The van der Waals surface area contributed by atoms with Gasteiger partial charge < -0.3 is 24.2 Å². The zero-order valence-corrected chi connectivity index (χ0v) is 31.1. The number of hydrogen-bond donors (Lipinski definition) is 1. The van der Waals surface area contributed by atoms with Crippen molar-refractivity contribution >= 4 is 12.0 Å². The maximum atomic E-state index is 15.3. The van der Waals surface area contributed by atoms with E-state index in [1.165, 1.54) is 11.0 Å². The zero-order valence-electron chi connectivity index (χ0n) is 31.1. The van der Waals surface area contributed by atoms with Gasteiger partial charge in [-0.1, -0.05) is 99.6 Å². The van der Waals surface area contributed by atoms with Crippen LogP contribution in [0.3, 0.4) is 0 Å². The highest BCUT2D eigenvalue weighted by Crippen LogP contribution is 2.45. The Labute approximate surface area is 315 Å². The predicted molar refractivity (Wildman–Crippen MR) is 206 cm³/mol. The van der Waals surface area contributed by atoms with Crippen molar-refractivity contribution in [2.75, 3.05) is 26.2 Å². The Bertz CT molecular complexity index is 2070. The van der Waals surface area contributed by atoms with Crippen LogP contribution >= 0.6 is 0 Å². The standard InChI is InChI=1S/C45H47F2N3O4/c1-45(2,3)42(40-25-31(37-26-32(46)20-21-39(37)47)28-49(40)27-30-13-5-4-6-14-30)50(43(51)41-19-11-24-54-41)23-12-22-48(44(52)53)29-38-35-17-9-7-15-33(35)34-16-8-10-18-36(34)38/h4-10,13-18,20-21,25-26,28,38,41-42H,11-12,19,22-24,27,29H2,1-3H3,(H,52,53)/t41-,42-/m0/s1. The molecule has 0 bridgehead atoms. The van der Waals surface area contributed by atoms with Gasteiger partial charge in [-0.2, -0.15) is 0 Å². The summed E-state index contributed by atoms with van der Waals surface area (Å²) in [4.78, 5) is 30.7. The lowest BCUT2D eigenvalue weighted by Gasteiger charge is -2.42. The molecule has 1 fully saturated rings. The van der Waals surface area contributed by atoms with Crippen molar-refractivity contribution in [1.29, 1.82) is 0 Å². The van der Waals surface area contributed by atoms with Crippen molar-refractivity contribution in [1.82, 2.24) is 14.4 Å². The summed E-state index contributed by atoms with van der Waals surface area (Å²) in [6.45, 7) is 7.90. The molecule has 2 heterocycles. The molecule has 5 aromatic rings. The first-order chi connectivity index (χ1) is 26.0. The predicted octanol–water partition coefficient (Wildman–Crippen LogP) is 9.76. The molecule has 54 heavy (non-hydrogen) atoms. The highest BCUT2D eigenvalue weighted by atomic mass is 19.1. The Morgan fingerprint density at radius 2 is 1.54 bits per heavy atom. The van der Waals surface area contributed by atoms with Crippen molar-refractivity contribution in [2.24, 2.45) is 5.41 Å². The van der Waals surface area contributed by atoms with Gasteiger partial charge in [-0.25, -0.2) is 13.6 Å². The fourth-order valence-electron chi connectivity index (χ4n) is 8.31.